The molecule has 2 fully saturated rings. The number of amides is 1. The summed E-state index contributed by atoms with van der Waals surface area (Å²) in [6, 6.07) is 15.2. The number of fused-ring (bicyclic) bond motifs is 1. The van der Waals surface area contributed by atoms with Crippen LogP contribution in [0.2, 0.25) is 10.0 Å². The van der Waals surface area contributed by atoms with Gasteiger partial charge in [-0.25, -0.2) is 0 Å². The smallest absolute Gasteiger partial charge is 0.246 e. The first-order valence-corrected chi connectivity index (χ1v) is 8.50. The highest BCUT2D eigenvalue weighted by Gasteiger charge is 2.49. The number of carbonyl (C=O) groups excluding carboxylic acids is 1. The van der Waals surface area contributed by atoms with Crippen molar-refractivity contribution in [3.63, 3.8) is 0 Å². The van der Waals surface area contributed by atoms with Crippen LogP contribution in [0, 0.1) is 0 Å². The average molecular weight is 347 g/mol. The summed E-state index contributed by atoms with van der Waals surface area (Å²) in [6.07, 6.45) is 1.87. The van der Waals surface area contributed by atoms with E-state index in [1.54, 1.807) is 0 Å². The van der Waals surface area contributed by atoms with Crippen LogP contribution < -0.4 is 4.90 Å². The van der Waals surface area contributed by atoms with Gasteiger partial charge >= 0.3 is 0 Å². The fraction of sp³-hybridized carbons (Fsp3) is 0.278. The van der Waals surface area contributed by atoms with Crippen LogP contribution in [0.4, 0.5) is 5.69 Å². The number of hydrogen-bond donors (Lipinski definition) is 0. The minimum absolute atomic E-state index is 0.0327. The van der Waals surface area contributed by atoms with Gasteiger partial charge in [-0.2, -0.15) is 0 Å². The Morgan fingerprint density at radius 1 is 1.00 bits per heavy atom. The third-order valence-corrected chi connectivity index (χ3v) is 5.11. The molecule has 0 bridgehead atoms. The van der Waals surface area contributed by atoms with E-state index in [0.717, 1.165) is 30.6 Å². The van der Waals surface area contributed by atoms with Gasteiger partial charge in [0.25, 0.3) is 0 Å². The van der Waals surface area contributed by atoms with Crippen molar-refractivity contribution in [3.05, 3.63) is 64.1 Å². The molecule has 23 heavy (non-hydrogen) atoms. The summed E-state index contributed by atoms with van der Waals surface area (Å²) in [7, 11) is 0. The molecule has 2 atom stereocenters. The van der Waals surface area contributed by atoms with Crippen LogP contribution in [0.1, 0.15) is 24.6 Å². The van der Waals surface area contributed by atoms with Crippen LogP contribution in [-0.4, -0.2) is 23.4 Å². The van der Waals surface area contributed by atoms with Gasteiger partial charge in [0.15, 0.2) is 0 Å². The average Bonchev–Trinajstić information content (AvgIpc) is 3.11. The van der Waals surface area contributed by atoms with Gasteiger partial charge in [0, 0.05) is 22.3 Å². The minimum Gasteiger partial charge on any atom is -0.291 e. The van der Waals surface area contributed by atoms with E-state index in [2.05, 4.69) is 4.90 Å². The van der Waals surface area contributed by atoms with Crippen LogP contribution in [0.5, 0.6) is 0 Å². The zero-order chi connectivity index (χ0) is 16.0. The predicted octanol–water partition coefficient (Wildman–Crippen LogP) is 4.50. The van der Waals surface area contributed by atoms with Crippen molar-refractivity contribution >= 4 is 34.8 Å². The van der Waals surface area contributed by atoms with Crippen molar-refractivity contribution < 1.29 is 4.79 Å². The Kier molecular flexibility index (Phi) is 3.80. The van der Waals surface area contributed by atoms with E-state index >= 15 is 0 Å². The van der Waals surface area contributed by atoms with Crippen molar-refractivity contribution in [2.24, 2.45) is 0 Å². The Balaban J connectivity index is 1.81. The van der Waals surface area contributed by atoms with Crippen LogP contribution in [0.25, 0.3) is 0 Å². The van der Waals surface area contributed by atoms with Crippen molar-refractivity contribution in [2.75, 3.05) is 11.4 Å². The van der Waals surface area contributed by atoms with Gasteiger partial charge in [0.1, 0.15) is 6.17 Å². The fourth-order valence-electron chi connectivity index (χ4n) is 3.65. The first-order valence-electron chi connectivity index (χ1n) is 7.75. The number of hydrogen-bond acceptors (Lipinski definition) is 2. The van der Waals surface area contributed by atoms with E-state index in [1.807, 2.05) is 53.4 Å². The second kappa shape index (κ2) is 5.82. The summed E-state index contributed by atoms with van der Waals surface area (Å²) in [5, 5.41) is 1.36. The molecule has 2 aromatic carbocycles. The van der Waals surface area contributed by atoms with Gasteiger partial charge in [-0.15, -0.1) is 0 Å². The van der Waals surface area contributed by atoms with Crippen molar-refractivity contribution in [1.82, 2.24) is 4.90 Å². The molecule has 0 spiro atoms. The molecule has 0 saturated carbocycles. The molecular formula is C18H16Cl2N2O. The van der Waals surface area contributed by atoms with Gasteiger partial charge in [-0.3, -0.25) is 14.6 Å². The first kappa shape index (κ1) is 15.0. The number of anilines is 1. The Labute approximate surface area is 145 Å². The summed E-state index contributed by atoms with van der Waals surface area (Å²) in [5.41, 5.74) is 1.92. The number of benzene rings is 2. The molecule has 0 radical (unpaired) electrons. The van der Waals surface area contributed by atoms with Crippen molar-refractivity contribution in [3.8, 4) is 0 Å². The molecule has 0 aliphatic carbocycles. The highest BCUT2D eigenvalue weighted by atomic mass is 35.5. The molecule has 4 rings (SSSR count). The van der Waals surface area contributed by atoms with Crippen molar-refractivity contribution in [2.45, 2.75) is 25.0 Å². The highest BCUT2D eigenvalue weighted by Crippen LogP contribution is 2.42. The van der Waals surface area contributed by atoms with Crippen LogP contribution in [0.3, 0.4) is 0 Å². The number of rotatable bonds is 2. The number of halogens is 2. The minimum atomic E-state index is -0.102. The van der Waals surface area contributed by atoms with Gasteiger partial charge < -0.3 is 0 Å². The largest absolute Gasteiger partial charge is 0.291 e. The zero-order valence-corrected chi connectivity index (χ0v) is 14.0. The molecule has 5 heteroatoms. The van der Waals surface area contributed by atoms with Gasteiger partial charge in [-0.1, -0.05) is 35.3 Å². The molecule has 2 unspecified atom stereocenters. The van der Waals surface area contributed by atoms with Crippen LogP contribution in [-0.2, 0) is 4.79 Å². The van der Waals surface area contributed by atoms with E-state index in [4.69, 9.17) is 23.2 Å². The highest BCUT2D eigenvalue weighted by molar-refractivity contribution is 6.31. The second-order valence-electron chi connectivity index (χ2n) is 6.01. The maximum absolute atomic E-state index is 13.0. The monoisotopic (exact) mass is 346 g/mol. The molecule has 2 saturated heterocycles. The molecule has 3 nitrogen and oxygen atoms in total. The Bertz CT molecular complexity index is 747. The number of carbonyl (C=O) groups is 1. The standard InChI is InChI=1S/C18H16Cl2N2O/c19-13-6-8-15(9-7-13)22-17(12-3-1-4-14(20)11-12)21-10-2-5-16(21)18(22)23/h1,3-4,6-9,11,16-17H,2,5,10H2. The van der Waals surface area contributed by atoms with E-state index < -0.39 is 0 Å². The lowest BCUT2D eigenvalue weighted by atomic mass is 10.1. The Hall–Kier alpha value is -1.55. The topological polar surface area (TPSA) is 23.6 Å². The Morgan fingerprint density at radius 2 is 1.78 bits per heavy atom. The number of nitrogens with zero attached hydrogens (tertiary/aromatic N) is 2. The molecule has 0 N–H and O–H groups in total. The molecule has 2 aliphatic heterocycles. The summed E-state index contributed by atoms with van der Waals surface area (Å²) in [5.74, 6) is 0.162. The molecule has 2 heterocycles. The predicted molar refractivity (Wildman–Crippen MR) is 92.9 cm³/mol. The van der Waals surface area contributed by atoms with E-state index in [9.17, 15) is 4.79 Å². The fourth-order valence-corrected chi connectivity index (χ4v) is 3.98. The second-order valence-corrected chi connectivity index (χ2v) is 6.88. The third kappa shape index (κ3) is 2.53. The zero-order valence-electron chi connectivity index (χ0n) is 12.5. The lowest BCUT2D eigenvalue weighted by Crippen LogP contribution is -2.32. The Morgan fingerprint density at radius 3 is 2.52 bits per heavy atom. The molecule has 2 aliphatic rings. The van der Waals surface area contributed by atoms with Gasteiger partial charge in [0.05, 0.1) is 6.04 Å². The quantitative estimate of drug-likeness (QED) is 0.798. The van der Waals surface area contributed by atoms with Crippen LogP contribution >= 0.6 is 23.2 Å². The SMILES string of the molecule is O=C1C2CCCN2C(c2cccc(Cl)c2)N1c1ccc(Cl)cc1. The summed E-state index contributed by atoms with van der Waals surface area (Å²) in [4.78, 5) is 17.1. The lowest BCUT2D eigenvalue weighted by molar-refractivity contribution is -0.119. The summed E-state index contributed by atoms with van der Waals surface area (Å²) >= 11 is 12.2. The maximum atomic E-state index is 13.0. The maximum Gasteiger partial charge on any atom is 0.246 e. The van der Waals surface area contributed by atoms with E-state index in [1.165, 1.54) is 0 Å². The van der Waals surface area contributed by atoms with Gasteiger partial charge in [0.2, 0.25) is 5.91 Å². The van der Waals surface area contributed by atoms with Gasteiger partial charge in [-0.05, 0) is 54.8 Å². The molecular weight excluding hydrogens is 331 g/mol. The van der Waals surface area contributed by atoms with Crippen LogP contribution in [0.15, 0.2) is 48.5 Å². The normalized spacial score (nSPS) is 24.3. The summed E-state index contributed by atoms with van der Waals surface area (Å²) < 4.78 is 0. The lowest BCUT2D eigenvalue weighted by Gasteiger charge is -2.30. The van der Waals surface area contributed by atoms with E-state index in [0.29, 0.717) is 10.0 Å². The molecule has 2 aromatic rings. The molecule has 1 amide bonds. The first-order chi connectivity index (χ1) is 11.1. The molecule has 118 valence electrons. The van der Waals surface area contributed by atoms with E-state index in [-0.39, 0.29) is 18.1 Å². The van der Waals surface area contributed by atoms with Crippen molar-refractivity contribution in [1.29, 1.82) is 0 Å². The summed E-state index contributed by atoms with van der Waals surface area (Å²) in [6.45, 7) is 0.928. The third-order valence-electron chi connectivity index (χ3n) is 4.63. The molecule has 0 aromatic heterocycles.